The van der Waals surface area contributed by atoms with E-state index in [4.69, 9.17) is 0 Å². The summed E-state index contributed by atoms with van der Waals surface area (Å²) < 4.78 is 0. The number of rotatable bonds is 4. The quantitative estimate of drug-likeness (QED) is 0.753. The Bertz CT molecular complexity index is 216. The molecule has 0 spiro atoms. The van der Waals surface area contributed by atoms with Gasteiger partial charge < -0.3 is 10.4 Å². The Labute approximate surface area is 93.3 Å². The molecule has 0 unspecified atom stereocenters. The highest BCUT2D eigenvalue weighted by Crippen LogP contribution is 2.23. The van der Waals surface area contributed by atoms with Gasteiger partial charge in [-0.15, -0.1) is 0 Å². The summed E-state index contributed by atoms with van der Waals surface area (Å²) in [4.78, 5) is 11.9. The summed E-state index contributed by atoms with van der Waals surface area (Å²) >= 11 is 0. The van der Waals surface area contributed by atoms with Crippen LogP contribution in [0.5, 0.6) is 0 Å². The van der Waals surface area contributed by atoms with E-state index in [-0.39, 0.29) is 29.4 Å². The molecule has 0 saturated heterocycles. The van der Waals surface area contributed by atoms with Crippen molar-refractivity contribution in [3.05, 3.63) is 0 Å². The molecule has 0 aromatic rings. The smallest absolute Gasteiger partial charge is 0.225 e. The van der Waals surface area contributed by atoms with Gasteiger partial charge in [-0.2, -0.15) is 0 Å². The van der Waals surface area contributed by atoms with Crippen LogP contribution in [0, 0.1) is 10.8 Å². The van der Waals surface area contributed by atoms with Gasteiger partial charge in [0, 0.05) is 5.41 Å². The van der Waals surface area contributed by atoms with Crippen molar-refractivity contribution in [2.24, 2.45) is 10.8 Å². The number of hydrogen-bond donors (Lipinski definition) is 2. The van der Waals surface area contributed by atoms with E-state index in [0.29, 0.717) is 0 Å². The van der Waals surface area contributed by atoms with Crippen molar-refractivity contribution in [1.29, 1.82) is 0 Å². The number of carbonyl (C=O) groups is 1. The predicted molar refractivity (Wildman–Crippen MR) is 62.5 cm³/mol. The molecule has 0 fully saturated rings. The SMILES string of the molecule is CCC(C)(C)C(=O)N[C@H](CO)C(C)(C)C. The molecular formula is C12H25NO2. The van der Waals surface area contributed by atoms with Crippen molar-refractivity contribution >= 4 is 5.91 Å². The average Bonchev–Trinajstić information content (AvgIpc) is 2.11. The molecule has 0 aromatic heterocycles. The summed E-state index contributed by atoms with van der Waals surface area (Å²) in [5.74, 6) is 0.0129. The second-order valence-corrected chi connectivity index (χ2v) is 5.81. The van der Waals surface area contributed by atoms with E-state index in [1.54, 1.807) is 0 Å². The fraction of sp³-hybridized carbons (Fsp3) is 0.917. The maximum atomic E-state index is 11.9. The monoisotopic (exact) mass is 215 g/mol. The van der Waals surface area contributed by atoms with Crippen molar-refractivity contribution in [3.8, 4) is 0 Å². The first-order valence-electron chi connectivity index (χ1n) is 5.57. The van der Waals surface area contributed by atoms with Crippen molar-refractivity contribution in [1.82, 2.24) is 5.32 Å². The van der Waals surface area contributed by atoms with Gasteiger partial charge in [0.2, 0.25) is 5.91 Å². The third kappa shape index (κ3) is 4.20. The molecule has 3 heteroatoms. The normalized spacial score (nSPS) is 14.9. The van der Waals surface area contributed by atoms with Crippen LogP contribution in [0.4, 0.5) is 0 Å². The van der Waals surface area contributed by atoms with E-state index in [1.807, 2.05) is 41.5 Å². The van der Waals surface area contributed by atoms with Crippen molar-refractivity contribution in [2.45, 2.75) is 54.0 Å². The molecule has 2 N–H and O–H groups in total. The lowest BCUT2D eigenvalue weighted by atomic mass is 9.84. The van der Waals surface area contributed by atoms with Crippen LogP contribution in [-0.4, -0.2) is 23.7 Å². The molecule has 90 valence electrons. The third-order valence-corrected chi connectivity index (χ3v) is 3.03. The summed E-state index contributed by atoms with van der Waals surface area (Å²) in [7, 11) is 0. The van der Waals surface area contributed by atoms with E-state index in [1.165, 1.54) is 0 Å². The van der Waals surface area contributed by atoms with Crippen molar-refractivity contribution in [3.63, 3.8) is 0 Å². The maximum Gasteiger partial charge on any atom is 0.225 e. The van der Waals surface area contributed by atoms with Gasteiger partial charge in [-0.3, -0.25) is 4.79 Å². The maximum absolute atomic E-state index is 11.9. The minimum Gasteiger partial charge on any atom is -0.394 e. The Morgan fingerprint density at radius 1 is 1.27 bits per heavy atom. The van der Waals surface area contributed by atoms with Gasteiger partial charge in [-0.05, 0) is 11.8 Å². The zero-order valence-electron chi connectivity index (χ0n) is 10.8. The van der Waals surface area contributed by atoms with Crippen LogP contribution in [0.25, 0.3) is 0 Å². The lowest BCUT2D eigenvalue weighted by Crippen LogP contribution is -2.50. The Morgan fingerprint density at radius 2 is 1.73 bits per heavy atom. The van der Waals surface area contributed by atoms with Crippen LogP contribution < -0.4 is 5.32 Å². The Morgan fingerprint density at radius 3 is 2.00 bits per heavy atom. The minimum atomic E-state index is -0.362. The average molecular weight is 215 g/mol. The molecule has 0 aliphatic heterocycles. The zero-order valence-corrected chi connectivity index (χ0v) is 10.8. The summed E-state index contributed by atoms with van der Waals surface area (Å²) in [5, 5.41) is 12.1. The van der Waals surface area contributed by atoms with Crippen molar-refractivity contribution in [2.75, 3.05) is 6.61 Å². The van der Waals surface area contributed by atoms with Gasteiger partial charge in [0.1, 0.15) is 0 Å². The molecule has 1 atom stereocenters. The van der Waals surface area contributed by atoms with Gasteiger partial charge in [0.05, 0.1) is 12.6 Å². The highest BCUT2D eigenvalue weighted by atomic mass is 16.3. The number of aliphatic hydroxyl groups excluding tert-OH is 1. The van der Waals surface area contributed by atoms with Gasteiger partial charge in [-0.25, -0.2) is 0 Å². The number of amides is 1. The lowest BCUT2D eigenvalue weighted by Gasteiger charge is -2.33. The topological polar surface area (TPSA) is 49.3 Å². The fourth-order valence-electron chi connectivity index (χ4n) is 1.05. The molecule has 3 nitrogen and oxygen atoms in total. The molecule has 0 aliphatic carbocycles. The Balaban J connectivity index is 4.52. The predicted octanol–water partition coefficient (Wildman–Crippen LogP) is 1.95. The molecule has 0 rings (SSSR count). The second-order valence-electron chi connectivity index (χ2n) is 5.81. The standard InChI is InChI=1S/C12H25NO2/c1-7-12(5,6)10(15)13-9(8-14)11(2,3)4/h9,14H,7-8H2,1-6H3,(H,13,15)/t9-/m1/s1. The molecule has 0 bridgehead atoms. The van der Waals surface area contributed by atoms with Gasteiger partial charge in [-0.1, -0.05) is 41.5 Å². The molecule has 0 radical (unpaired) electrons. The van der Waals surface area contributed by atoms with E-state index in [9.17, 15) is 9.90 Å². The molecule has 0 aromatic carbocycles. The highest BCUT2D eigenvalue weighted by Gasteiger charge is 2.31. The Kier molecular flexibility index (Phi) is 4.78. The van der Waals surface area contributed by atoms with E-state index >= 15 is 0 Å². The molecule has 15 heavy (non-hydrogen) atoms. The Hall–Kier alpha value is -0.570. The van der Waals surface area contributed by atoms with E-state index < -0.39 is 0 Å². The summed E-state index contributed by atoms with van der Waals surface area (Å²) in [6, 6.07) is -0.184. The first-order valence-corrected chi connectivity index (χ1v) is 5.57. The van der Waals surface area contributed by atoms with Crippen LogP contribution in [-0.2, 0) is 4.79 Å². The first-order chi connectivity index (χ1) is 6.65. The summed E-state index contributed by atoms with van der Waals surface area (Å²) in [6.45, 7) is 11.8. The van der Waals surface area contributed by atoms with Gasteiger partial charge >= 0.3 is 0 Å². The zero-order chi connectivity index (χ0) is 12.3. The van der Waals surface area contributed by atoms with Crippen LogP contribution >= 0.6 is 0 Å². The summed E-state index contributed by atoms with van der Waals surface area (Å²) in [6.07, 6.45) is 0.793. The van der Waals surface area contributed by atoms with E-state index in [2.05, 4.69) is 5.32 Å². The van der Waals surface area contributed by atoms with Crippen LogP contribution in [0.1, 0.15) is 48.0 Å². The lowest BCUT2D eigenvalue weighted by molar-refractivity contribution is -0.131. The fourth-order valence-corrected chi connectivity index (χ4v) is 1.05. The van der Waals surface area contributed by atoms with E-state index in [0.717, 1.165) is 6.42 Å². The largest absolute Gasteiger partial charge is 0.394 e. The molecular weight excluding hydrogens is 190 g/mol. The van der Waals surface area contributed by atoms with Crippen LogP contribution in [0.2, 0.25) is 0 Å². The third-order valence-electron chi connectivity index (χ3n) is 3.03. The molecule has 0 saturated carbocycles. The second kappa shape index (κ2) is 4.97. The highest BCUT2D eigenvalue weighted by molar-refractivity contribution is 5.82. The van der Waals surface area contributed by atoms with Crippen LogP contribution in [0.15, 0.2) is 0 Å². The molecule has 0 aliphatic rings. The van der Waals surface area contributed by atoms with Crippen molar-refractivity contribution < 1.29 is 9.90 Å². The number of carbonyl (C=O) groups excluding carboxylic acids is 1. The molecule has 1 amide bonds. The summed E-state index contributed by atoms with van der Waals surface area (Å²) in [5.41, 5.74) is -0.479. The van der Waals surface area contributed by atoms with Crippen LogP contribution in [0.3, 0.4) is 0 Å². The minimum absolute atomic E-state index is 0.0129. The number of aliphatic hydroxyl groups is 1. The first kappa shape index (κ1) is 14.4. The molecule has 0 heterocycles. The number of nitrogens with one attached hydrogen (secondary N) is 1. The number of hydrogen-bond acceptors (Lipinski definition) is 2. The van der Waals surface area contributed by atoms with Gasteiger partial charge in [0.25, 0.3) is 0 Å². The van der Waals surface area contributed by atoms with Gasteiger partial charge in [0.15, 0.2) is 0 Å².